The van der Waals surface area contributed by atoms with Gasteiger partial charge in [-0.3, -0.25) is 4.79 Å². The van der Waals surface area contributed by atoms with Crippen molar-refractivity contribution in [1.82, 2.24) is 4.31 Å². The molecule has 27 heavy (non-hydrogen) atoms. The average molecular weight is 407 g/mol. The van der Waals surface area contributed by atoms with Gasteiger partial charge in [0.2, 0.25) is 10.0 Å². The van der Waals surface area contributed by atoms with E-state index < -0.39 is 10.0 Å². The lowest BCUT2D eigenvalue weighted by molar-refractivity contribution is 0.102. The standard InChI is InChI=1S/C20H23ClN2O3S/c1-14-5-8-17(9-6-14)22-20(24)16-7-10-18(21)19(12-16)27(25,26)23-11-3-4-15(2)13-23/h5-10,12,15H,3-4,11,13H2,1-2H3,(H,22,24)/t15-/m0/s1. The van der Waals surface area contributed by atoms with E-state index in [1.54, 1.807) is 12.1 Å². The second-order valence-electron chi connectivity index (χ2n) is 7.08. The normalized spacial score (nSPS) is 18.3. The third-order valence-corrected chi connectivity index (χ3v) is 7.09. The molecule has 1 amide bonds. The fourth-order valence-electron chi connectivity index (χ4n) is 3.19. The Morgan fingerprint density at radius 1 is 1.19 bits per heavy atom. The molecule has 1 fully saturated rings. The van der Waals surface area contributed by atoms with Crippen molar-refractivity contribution in [2.75, 3.05) is 18.4 Å². The van der Waals surface area contributed by atoms with E-state index in [1.807, 2.05) is 26.0 Å². The molecule has 0 aromatic heterocycles. The van der Waals surface area contributed by atoms with Gasteiger partial charge in [-0.1, -0.05) is 36.2 Å². The molecule has 0 unspecified atom stereocenters. The third kappa shape index (κ3) is 4.51. The summed E-state index contributed by atoms with van der Waals surface area (Å²) in [5.41, 5.74) is 1.99. The number of nitrogens with zero attached hydrogens (tertiary/aromatic N) is 1. The third-order valence-electron chi connectivity index (χ3n) is 4.74. The van der Waals surface area contributed by atoms with Gasteiger partial charge in [0.25, 0.3) is 5.91 Å². The molecule has 1 atom stereocenters. The van der Waals surface area contributed by atoms with Crippen molar-refractivity contribution in [3.63, 3.8) is 0 Å². The summed E-state index contributed by atoms with van der Waals surface area (Å²) in [5.74, 6) is -0.0701. The van der Waals surface area contributed by atoms with Crippen LogP contribution in [0.2, 0.25) is 5.02 Å². The quantitative estimate of drug-likeness (QED) is 0.822. The minimum Gasteiger partial charge on any atom is -0.322 e. The highest BCUT2D eigenvalue weighted by Crippen LogP contribution is 2.29. The number of sulfonamides is 1. The zero-order valence-corrected chi connectivity index (χ0v) is 17.0. The van der Waals surface area contributed by atoms with Crippen molar-refractivity contribution in [3.8, 4) is 0 Å². The van der Waals surface area contributed by atoms with Gasteiger partial charge in [-0.25, -0.2) is 8.42 Å². The van der Waals surface area contributed by atoms with Crippen molar-refractivity contribution in [1.29, 1.82) is 0 Å². The summed E-state index contributed by atoms with van der Waals surface area (Å²) in [6, 6.07) is 11.7. The van der Waals surface area contributed by atoms with Crippen LogP contribution in [0.1, 0.15) is 35.7 Å². The summed E-state index contributed by atoms with van der Waals surface area (Å²) in [6.45, 7) is 4.94. The van der Waals surface area contributed by atoms with Crippen LogP contribution in [0.4, 0.5) is 5.69 Å². The number of hydrogen-bond acceptors (Lipinski definition) is 3. The minimum atomic E-state index is -3.74. The minimum absolute atomic E-state index is 0.0187. The molecular weight excluding hydrogens is 384 g/mol. The Morgan fingerprint density at radius 2 is 1.89 bits per heavy atom. The molecule has 1 aliphatic rings. The molecule has 1 aliphatic heterocycles. The highest BCUT2D eigenvalue weighted by Gasteiger charge is 2.30. The smallest absolute Gasteiger partial charge is 0.255 e. The largest absolute Gasteiger partial charge is 0.322 e. The van der Waals surface area contributed by atoms with Gasteiger partial charge in [0, 0.05) is 24.3 Å². The first-order chi connectivity index (χ1) is 12.8. The number of benzene rings is 2. The molecule has 7 heteroatoms. The molecule has 2 aromatic carbocycles. The molecule has 1 N–H and O–H groups in total. The van der Waals surface area contributed by atoms with Crippen molar-refractivity contribution in [2.45, 2.75) is 31.6 Å². The molecule has 0 bridgehead atoms. The maximum atomic E-state index is 13.0. The van der Waals surface area contributed by atoms with Crippen LogP contribution >= 0.6 is 11.6 Å². The number of aryl methyl sites for hydroxylation is 1. The van der Waals surface area contributed by atoms with Crippen LogP contribution in [0, 0.1) is 12.8 Å². The number of halogens is 1. The maximum Gasteiger partial charge on any atom is 0.255 e. The van der Waals surface area contributed by atoms with Crippen molar-refractivity contribution < 1.29 is 13.2 Å². The fourth-order valence-corrected chi connectivity index (χ4v) is 5.28. The number of carbonyl (C=O) groups is 1. The van der Waals surface area contributed by atoms with Gasteiger partial charge >= 0.3 is 0 Å². The highest BCUT2D eigenvalue weighted by molar-refractivity contribution is 7.89. The summed E-state index contributed by atoms with van der Waals surface area (Å²) >= 11 is 6.18. The molecule has 2 aromatic rings. The molecule has 1 heterocycles. The molecule has 5 nitrogen and oxygen atoms in total. The molecule has 3 rings (SSSR count). The van der Waals surface area contributed by atoms with E-state index in [-0.39, 0.29) is 21.4 Å². The summed E-state index contributed by atoms with van der Waals surface area (Å²) < 4.78 is 27.5. The number of rotatable bonds is 4. The number of nitrogens with one attached hydrogen (secondary N) is 1. The Bertz CT molecular complexity index is 942. The summed E-state index contributed by atoms with van der Waals surface area (Å²) in [5, 5.41) is 2.90. The van der Waals surface area contributed by atoms with E-state index in [0.29, 0.717) is 24.7 Å². The summed E-state index contributed by atoms with van der Waals surface area (Å²) in [7, 11) is -3.74. The van der Waals surface area contributed by atoms with Crippen LogP contribution in [0.15, 0.2) is 47.4 Å². The number of amides is 1. The Balaban J connectivity index is 1.87. The lowest BCUT2D eigenvalue weighted by Crippen LogP contribution is -2.39. The van der Waals surface area contributed by atoms with Crippen molar-refractivity contribution in [2.24, 2.45) is 5.92 Å². The van der Waals surface area contributed by atoms with Crippen LogP contribution in [-0.4, -0.2) is 31.7 Å². The predicted molar refractivity (Wildman–Crippen MR) is 108 cm³/mol. The van der Waals surface area contributed by atoms with E-state index >= 15 is 0 Å². The second-order valence-corrected chi connectivity index (χ2v) is 9.39. The van der Waals surface area contributed by atoms with Crippen LogP contribution in [-0.2, 0) is 10.0 Å². The molecule has 0 radical (unpaired) electrons. The Morgan fingerprint density at radius 3 is 2.56 bits per heavy atom. The number of anilines is 1. The topological polar surface area (TPSA) is 66.5 Å². The number of hydrogen-bond donors (Lipinski definition) is 1. The van der Waals surface area contributed by atoms with Gasteiger partial charge < -0.3 is 5.32 Å². The lowest BCUT2D eigenvalue weighted by atomic mass is 10.0. The Hall–Kier alpha value is -1.89. The van der Waals surface area contributed by atoms with Crippen LogP contribution < -0.4 is 5.32 Å². The summed E-state index contributed by atoms with van der Waals surface area (Å²) in [4.78, 5) is 12.5. The number of carbonyl (C=O) groups excluding carboxylic acids is 1. The first kappa shape index (κ1) is 19.9. The average Bonchev–Trinajstić information content (AvgIpc) is 2.63. The predicted octanol–water partition coefficient (Wildman–Crippen LogP) is 4.32. The van der Waals surface area contributed by atoms with Gasteiger partial charge in [0.05, 0.1) is 5.02 Å². The molecule has 0 saturated carbocycles. The maximum absolute atomic E-state index is 13.0. The van der Waals surface area contributed by atoms with E-state index in [2.05, 4.69) is 5.32 Å². The van der Waals surface area contributed by atoms with Crippen molar-refractivity contribution >= 4 is 33.2 Å². The van der Waals surface area contributed by atoms with E-state index in [1.165, 1.54) is 22.5 Å². The molecule has 1 saturated heterocycles. The van der Waals surface area contributed by atoms with Crippen LogP contribution in [0.3, 0.4) is 0 Å². The van der Waals surface area contributed by atoms with E-state index in [0.717, 1.165) is 18.4 Å². The lowest BCUT2D eigenvalue weighted by Gasteiger charge is -2.30. The zero-order valence-electron chi connectivity index (χ0n) is 15.4. The highest BCUT2D eigenvalue weighted by atomic mass is 35.5. The Labute approximate surface area is 165 Å². The zero-order chi connectivity index (χ0) is 19.6. The monoisotopic (exact) mass is 406 g/mol. The van der Waals surface area contributed by atoms with Crippen LogP contribution in [0.5, 0.6) is 0 Å². The van der Waals surface area contributed by atoms with Crippen molar-refractivity contribution in [3.05, 3.63) is 58.6 Å². The number of piperidine rings is 1. The molecular formula is C20H23ClN2O3S. The van der Waals surface area contributed by atoms with Gasteiger partial charge in [-0.2, -0.15) is 4.31 Å². The molecule has 0 aliphatic carbocycles. The van der Waals surface area contributed by atoms with Gasteiger partial charge in [0.15, 0.2) is 0 Å². The SMILES string of the molecule is Cc1ccc(NC(=O)c2ccc(Cl)c(S(=O)(=O)N3CCC[C@H](C)C3)c2)cc1. The first-order valence-electron chi connectivity index (χ1n) is 8.95. The second kappa shape index (κ2) is 8.00. The first-order valence-corrected chi connectivity index (χ1v) is 10.8. The molecule has 144 valence electrons. The van der Waals surface area contributed by atoms with Gasteiger partial charge in [-0.15, -0.1) is 0 Å². The fraction of sp³-hybridized carbons (Fsp3) is 0.350. The van der Waals surface area contributed by atoms with E-state index in [9.17, 15) is 13.2 Å². The van der Waals surface area contributed by atoms with E-state index in [4.69, 9.17) is 11.6 Å². The molecule has 0 spiro atoms. The van der Waals surface area contributed by atoms with Crippen LogP contribution in [0.25, 0.3) is 0 Å². The summed E-state index contributed by atoms with van der Waals surface area (Å²) in [6.07, 6.45) is 1.84. The van der Waals surface area contributed by atoms with Gasteiger partial charge in [0.1, 0.15) is 4.90 Å². The Kier molecular flexibility index (Phi) is 5.89. The van der Waals surface area contributed by atoms with Gasteiger partial charge in [-0.05, 0) is 56.0 Å².